The Morgan fingerprint density at radius 3 is 2.62 bits per heavy atom. The van der Waals surface area contributed by atoms with E-state index in [0.717, 1.165) is 19.0 Å². The van der Waals surface area contributed by atoms with E-state index in [9.17, 15) is 0 Å². The van der Waals surface area contributed by atoms with Crippen LogP contribution in [-0.2, 0) is 13.1 Å². The zero-order valence-electron chi connectivity index (χ0n) is 16.1. The highest BCUT2D eigenvalue weighted by atomic mass is 127. The smallest absolute Gasteiger partial charge is 0.191 e. The first-order chi connectivity index (χ1) is 12.2. The molecule has 2 rings (SSSR count). The summed E-state index contributed by atoms with van der Waals surface area (Å²) >= 11 is 0. The molecule has 2 N–H and O–H groups in total. The zero-order valence-corrected chi connectivity index (χ0v) is 18.4. The predicted octanol–water partition coefficient (Wildman–Crippen LogP) is 4.18. The molecule has 2 aromatic rings. The van der Waals surface area contributed by atoms with Gasteiger partial charge in [0, 0.05) is 32.0 Å². The quantitative estimate of drug-likeness (QED) is 0.251. The van der Waals surface area contributed by atoms with Crippen molar-refractivity contribution in [1.82, 2.24) is 20.4 Å². The molecule has 0 aliphatic heterocycles. The number of guanidine groups is 1. The molecule has 6 heteroatoms. The van der Waals surface area contributed by atoms with E-state index < -0.39 is 0 Å². The van der Waals surface area contributed by atoms with Crippen LogP contribution in [-0.4, -0.2) is 28.8 Å². The maximum atomic E-state index is 4.35. The van der Waals surface area contributed by atoms with Crippen molar-refractivity contribution < 1.29 is 0 Å². The summed E-state index contributed by atoms with van der Waals surface area (Å²) in [7, 11) is 1.82. The highest BCUT2D eigenvalue weighted by molar-refractivity contribution is 14.0. The lowest BCUT2D eigenvalue weighted by Gasteiger charge is -2.18. The largest absolute Gasteiger partial charge is 0.354 e. The second kappa shape index (κ2) is 12.7. The number of aliphatic imine (C=N–C) groups is 1. The summed E-state index contributed by atoms with van der Waals surface area (Å²) in [5.74, 6) is 0.859. The van der Waals surface area contributed by atoms with E-state index in [2.05, 4.69) is 58.8 Å². The lowest BCUT2D eigenvalue weighted by Crippen LogP contribution is -2.41. The summed E-state index contributed by atoms with van der Waals surface area (Å²) in [5.41, 5.74) is 2.53. The van der Waals surface area contributed by atoms with Gasteiger partial charge in [-0.05, 0) is 30.5 Å². The highest BCUT2D eigenvalue weighted by Gasteiger charge is 2.07. The Bertz CT molecular complexity index is 639. The lowest BCUT2D eigenvalue weighted by atomic mass is 10.1. The molecule has 5 nitrogen and oxygen atoms in total. The molecule has 0 saturated carbocycles. The fourth-order valence-corrected chi connectivity index (χ4v) is 2.83. The Morgan fingerprint density at radius 1 is 1.19 bits per heavy atom. The van der Waals surface area contributed by atoms with Gasteiger partial charge in [0.25, 0.3) is 0 Å². The molecule has 1 atom stereocenters. The van der Waals surface area contributed by atoms with Crippen LogP contribution in [0.2, 0.25) is 0 Å². The third kappa shape index (κ3) is 7.76. The molecule has 0 aliphatic carbocycles. The van der Waals surface area contributed by atoms with Crippen LogP contribution in [0.4, 0.5) is 0 Å². The van der Waals surface area contributed by atoms with Crippen molar-refractivity contribution in [3.05, 3.63) is 53.9 Å². The summed E-state index contributed by atoms with van der Waals surface area (Å²) in [6.45, 7) is 5.98. The maximum Gasteiger partial charge on any atom is 0.191 e. The van der Waals surface area contributed by atoms with Crippen molar-refractivity contribution in [3.8, 4) is 0 Å². The van der Waals surface area contributed by atoms with E-state index in [0.29, 0.717) is 6.04 Å². The molecule has 0 spiro atoms. The van der Waals surface area contributed by atoms with E-state index in [1.807, 2.05) is 30.2 Å². The van der Waals surface area contributed by atoms with Crippen molar-refractivity contribution in [2.24, 2.45) is 4.99 Å². The van der Waals surface area contributed by atoms with Gasteiger partial charge in [0.1, 0.15) is 0 Å². The summed E-state index contributed by atoms with van der Waals surface area (Å²) in [6.07, 6.45) is 8.78. The Morgan fingerprint density at radius 2 is 1.96 bits per heavy atom. The molecular formula is C20H32IN5. The molecule has 0 amide bonds. The van der Waals surface area contributed by atoms with Crippen LogP contribution in [0.1, 0.15) is 50.7 Å². The molecule has 1 unspecified atom stereocenters. The van der Waals surface area contributed by atoms with Crippen LogP contribution in [0, 0.1) is 0 Å². The lowest BCUT2D eigenvalue weighted by molar-refractivity contribution is 0.546. The van der Waals surface area contributed by atoms with E-state index in [1.165, 1.54) is 36.8 Å². The molecule has 0 fully saturated rings. The normalized spacial score (nSPS) is 12.3. The van der Waals surface area contributed by atoms with Gasteiger partial charge in [0.2, 0.25) is 0 Å². The van der Waals surface area contributed by atoms with Crippen molar-refractivity contribution >= 4 is 29.9 Å². The molecule has 0 aliphatic rings. The Balaban J connectivity index is 0.00000338. The monoisotopic (exact) mass is 469 g/mol. The minimum Gasteiger partial charge on any atom is -0.354 e. The number of hydrogen-bond donors (Lipinski definition) is 2. The highest BCUT2D eigenvalue weighted by Crippen LogP contribution is 2.10. The van der Waals surface area contributed by atoms with Crippen LogP contribution < -0.4 is 10.6 Å². The van der Waals surface area contributed by atoms with Gasteiger partial charge in [-0.15, -0.1) is 24.0 Å². The van der Waals surface area contributed by atoms with Crippen molar-refractivity contribution in [2.45, 2.75) is 58.7 Å². The third-order valence-electron chi connectivity index (χ3n) is 4.30. The van der Waals surface area contributed by atoms with Crippen LogP contribution in [0.3, 0.4) is 0 Å². The topological polar surface area (TPSA) is 54.2 Å². The number of hydrogen-bond acceptors (Lipinski definition) is 2. The molecule has 1 heterocycles. The number of halogens is 1. The fraction of sp³-hybridized carbons (Fsp3) is 0.500. The minimum absolute atomic E-state index is 0. The van der Waals surface area contributed by atoms with Gasteiger partial charge >= 0.3 is 0 Å². The van der Waals surface area contributed by atoms with E-state index in [4.69, 9.17) is 0 Å². The number of nitrogens with one attached hydrogen (secondary N) is 2. The molecule has 0 radical (unpaired) electrons. The van der Waals surface area contributed by atoms with Gasteiger partial charge in [0.05, 0.1) is 6.54 Å². The second-order valence-corrected chi connectivity index (χ2v) is 6.44. The van der Waals surface area contributed by atoms with Gasteiger partial charge in [-0.3, -0.25) is 9.67 Å². The Labute approximate surface area is 174 Å². The molecular weight excluding hydrogens is 437 g/mol. The molecule has 1 aromatic carbocycles. The number of benzene rings is 1. The van der Waals surface area contributed by atoms with Gasteiger partial charge in [-0.1, -0.05) is 50.5 Å². The van der Waals surface area contributed by atoms with Crippen LogP contribution in [0.15, 0.2) is 47.7 Å². The first kappa shape index (κ1) is 22.5. The first-order valence-electron chi connectivity index (χ1n) is 9.24. The molecule has 0 saturated heterocycles. The zero-order chi connectivity index (χ0) is 17.9. The molecule has 26 heavy (non-hydrogen) atoms. The first-order valence-corrected chi connectivity index (χ1v) is 9.24. The molecule has 1 aromatic heterocycles. The van der Waals surface area contributed by atoms with Crippen molar-refractivity contribution in [3.63, 3.8) is 0 Å². The van der Waals surface area contributed by atoms with Crippen LogP contribution in [0.5, 0.6) is 0 Å². The van der Waals surface area contributed by atoms with Crippen LogP contribution in [0.25, 0.3) is 0 Å². The predicted molar refractivity (Wildman–Crippen MR) is 120 cm³/mol. The van der Waals surface area contributed by atoms with Crippen molar-refractivity contribution in [1.29, 1.82) is 0 Å². The summed E-state index contributed by atoms with van der Waals surface area (Å²) in [6, 6.07) is 10.8. The second-order valence-electron chi connectivity index (χ2n) is 6.44. The SMILES string of the molecule is CCCCCC(C)NC(=NC)NCc1ccccc1Cn1cccn1.I. The Hall–Kier alpha value is -1.57. The fourth-order valence-electron chi connectivity index (χ4n) is 2.83. The van der Waals surface area contributed by atoms with E-state index >= 15 is 0 Å². The summed E-state index contributed by atoms with van der Waals surface area (Å²) in [4.78, 5) is 4.35. The summed E-state index contributed by atoms with van der Waals surface area (Å²) < 4.78 is 1.95. The number of unbranched alkanes of at least 4 members (excludes halogenated alkanes) is 2. The Kier molecular flexibility index (Phi) is 11.0. The average molecular weight is 469 g/mol. The molecule has 144 valence electrons. The number of rotatable bonds is 9. The molecule has 0 bridgehead atoms. The number of nitrogens with zero attached hydrogens (tertiary/aromatic N) is 3. The third-order valence-corrected chi connectivity index (χ3v) is 4.30. The average Bonchev–Trinajstić information content (AvgIpc) is 3.13. The van der Waals surface area contributed by atoms with E-state index in [1.54, 1.807) is 0 Å². The van der Waals surface area contributed by atoms with Crippen LogP contribution >= 0.6 is 24.0 Å². The van der Waals surface area contributed by atoms with Gasteiger partial charge < -0.3 is 10.6 Å². The van der Waals surface area contributed by atoms with Gasteiger partial charge in [-0.25, -0.2) is 0 Å². The maximum absolute atomic E-state index is 4.35. The minimum atomic E-state index is 0. The summed E-state index contributed by atoms with van der Waals surface area (Å²) in [5, 5.41) is 11.2. The number of aromatic nitrogens is 2. The van der Waals surface area contributed by atoms with Gasteiger partial charge in [0.15, 0.2) is 5.96 Å². The standard InChI is InChI=1S/C20H31N5.HI/c1-4-5-6-10-17(2)24-20(21-3)22-15-18-11-7-8-12-19(18)16-25-14-9-13-23-25;/h7-9,11-14,17H,4-6,10,15-16H2,1-3H3,(H2,21,22,24);1H. The van der Waals surface area contributed by atoms with Crippen molar-refractivity contribution in [2.75, 3.05) is 7.05 Å². The van der Waals surface area contributed by atoms with E-state index in [-0.39, 0.29) is 24.0 Å². The van der Waals surface area contributed by atoms with Gasteiger partial charge in [-0.2, -0.15) is 5.10 Å².